The summed E-state index contributed by atoms with van der Waals surface area (Å²) in [5.41, 5.74) is 0. The first-order valence-corrected chi connectivity index (χ1v) is 24.3. The van der Waals surface area contributed by atoms with E-state index in [9.17, 15) is 14.4 Å². The zero-order valence-electron chi connectivity index (χ0n) is 38.0. The monoisotopic (exact) mass is 811 g/mol. The highest BCUT2D eigenvalue weighted by Gasteiger charge is 2.19. The van der Waals surface area contributed by atoms with Crippen molar-refractivity contribution >= 4 is 17.9 Å². The summed E-state index contributed by atoms with van der Waals surface area (Å²) in [5.74, 6) is -0.926. The molecule has 58 heavy (non-hydrogen) atoms. The lowest BCUT2D eigenvalue weighted by molar-refractivity contribution is -0.167. The van der Waals surface area contributed by atoms with Crippen molar-refractivity contribution in [3.63, 3.8) is 0 Å². The number of allylic oxidation sites excluding steroid dienone is 10. The third kappa shape index (κ3) is 44.2. The van der Waals surface area contributed by atoms with E-state index in [4.69, 9.17) is 14.2 Å². The molecule has 0 saturated carbocycles. The van der Waals surface area contributed by atoms with E-state index < -0.39 is 6.10 Å². The average Bonchev–Trinajstić information content (AvgIpc) is 3.22. The SMILES string of the molecule is CCCC/C=C\CCCCCCC(=O)OCC(COC(=O)CCCCCCCC/C=C\C=C/CCCCC)OC(=O)CCCCCCCC/C=C\C=C/CCCCC. The summed E-state index contributed by atoms with van der Waals surface area (Å²) in [6.07, 6.45) is 56.2. The van der Waals surface area contributed by atoms with Gasteiger partial charge in [-0.15, -0.1) is 0 Å². The van der Waals surface area contributed by atoms with Crippen molar-refractivity contribution in [2.45, 2.75) is 239 Å². The molecule has 0 aromatic carbocycles. The number of unbranched alkanes of at least 4 members (excludes halogenated alkanes) is 24. The van der Waals surface area contributed by atoms with Gasteiger partial charge in [-0.2, -0.15) is 0 Å². The number of esters is 3. The van der Waals surface area contributed by atoms with Crippen molar-refractivity contribution in [2.24, 2.45) is 0 Å². The Morgan fingerprint density at radius 2 is 0.638 bits per heavy atom. The van der Waals surface area contributed by atoms with Gasteiger partial charge < -0.3 is 14.2 Å². The number of rotatable bonds is 43. The minimum atomic E-state index is -0.787. The van der Waals surface area contributed by atoms with E-state index in [-0.39, 0.29) is 31.1 Å². The molecule has 0 amide bonds. The first-order valence-electron chi connectivity index (χ1n) is 24.3. The van der Waals surface area contributed by atoms with Crippen molar-refractivity contribution in [3.8, 4) is 0 Å². The number of carbonyl (C=O) groups excluding carboxylic acids is 3. The molecule has 0 aromatic rings. The minimum Gasteiger partial charge on any atom is -0.462 e. The maximum Gasteiger partial charge on any atom is 0.306 e. The van der Waals surface area contributed by atoms with E-state index in [1.54, 1.807) is 0 Å². The summed E-state index contributed by atoms with van der Waals surface area (Å²) in [6.45, 7) is 6.50. The standard InChI is InChI=1S/C52H90O6/c1-4-7-10-13-16-19-22-24-26-28-30-33-36-39-42-45-51(54)57-48-49(47-56-50(53)44-41-38-35-32-21-18-15-12-9-6-3)58-52(55)46-43-40-37-34-31-29-27-25-23-20-17-14-11-8-5-2/h15-20,22-25,49H,4-14,21,26-48H2,1-3H3/b18-15-,19-16-,20-17-,24-22-,25-23-. The summed E-state index contributed by atoms with van der Waals surface area (Å²) in [4.78, 5) is 37.8. The maximum absolute atomic E-state index is 12.7. The third-order valence-electron chi connectivity index (χ3n) is 10.3. The van der Waals surface area contributed by atoms with Crippen LogP contribution in [-0.2, 0) is 28.6 Å². The molecule has 0 aliphatic heterocycles. The molecule has 0 aromatic heterocycles. The molecule has 1 atom stereocenters. The Kier molecular flexibility index (Phi) is 44.5. The quantitative estimate of drug-likeness (QED) is 0.0201. The van der Waals surface area contributed by atoms with Crippen LogP contribution in [-0.4, -0.2) is 37.2 Å². The average molecular weight is 811 g/mol. The molecule has 0 heterocycles. The highest BCUT2D eigenvalue weighted by molar-refractivity contribution is 5.71. The second-order valence-electron chi connectivity index (χ2n) is 16.1. The predicted octanol–water partition coefficient (Wildman–Crippen LogP) is 15.7. The summed E-state index contributed by atoms with van der Waals surface area (Å²) < 4.78 is 16.7. The molecule has 1 unspecified atom stereocenters. The van der Waals surface area contributed by atoms with Gasteiger partial charge in [-0.1, -0.05) is 184 Å². The van der Waals surface area contributed by atoms with Crippen LogP contribution in [0, 0.1) is 0 Å². The van der Waals surface area contributed by atoms with Crippen LogP contribution < -0.4 is 0 Å². The lowest BCUT2D eigenvalue weighted by Crippen LogP contribution is -2.30. The molecular formula is C52H90O6. The van der Waals surface area contributed by atoms with E-state index in [1.807, 2.05) is 0 Å². The van der Waals surface area contributed by atoms with Crippen molar-refractivity contribution in [1.29, 1.82) is 0 Å². The van der Waals surface area contributed by atoms with Gasteiger partial charge in [-0.3, -0.25) is 14.4 Å². The molecule has 0 rings (SSSR count). The lowest BCUT2D eigenvalue weighted by atomic mass is 10.1. The van der Waals surface area contributed by atoms with Gasteiger partial charge in [-0.05, 0) is 89.9 Å². The molecule has 0 aliphatic carbocycles. The fourth-order valence-electron chi connectivity index (χ4n) is 6.52. The number of hydrogen-bond donors (Lipinski definition) is 0. The Morgan fingerprint density at radius 3 is 1.02 bits per heavy atom. The van der Waals surface area contributed by atoms with Gasteiger partial charge in [0.05, 0.1) is 0 Å². The highest BCUT2D eigenvalue weighted by atomic mass is 16.6. The van der Waals surface area contributed by atoms with Crippen LogP contribution in [0.25, 0.3) is 0 Å². The van der Waals surface area contributed by atoms with Gasteiger partial charge in [0.15, 0.2) is 6.10 Å². The van der Waals surface area contributed by atoms with Gasteiger partial charge >= 0.3 is 17.9 Å². The molecule has 334 valence electrons. The summed E-state index contributed by atoms with van der Waals surface area (Å²) in [7, 11) is 0. The summed E-state index contributed by atoms with van der Waals surface area (Å²) in [5, 5.41) is 0. The Hall–Kier alpha value is -2.89. The Bertz CT molecular complexity index is 1070. The molecule has 0 N–H and O–H groups in total. The number of carbonyl (C=O) groups is 3. The molecule has 6 nitrogen and oxygen atoms in total. The summed E-state index contributed by atoms with van der Waals surface area (Å²) >= 11 is 0. The van der Waals surface area contributed by atoms with E-state index in [2.05, 4.69) is 81.5 Å². The Balaban J connectivity index is 4.41. The van der Waals surface area contributed by atoms with Gasteiger partial charge in [0.2, 0.25) is 0 Å². The van der Waals surface area contributed by atoms with Crippen LogP contribution in [0.3, 0.4) is 0 Å². The topological polar surface area (TPSA) is 78.9 Å². The van der Waals surface area contributed by atoms with Gasteiger partial charge in [0.25, 0.3) is 0 Å². The number of hydrogen-bond acceptors (Lipinski definition) is 6. The molecule has 0 spiro atoms. The third-order valence-corrected chi connectivity index (χ3v) is 10.3. The van der Waals surface area contributed by atoms with Crippen LogP contribution in [0.15, 0.2) is 60.8 Å². The molecule has 0 aliphatic rings. The molecular weight excluding hydrogens is 721 g/mol. The Morgan fingerprint density at radius 1 is 0.345 bits per heavy atom. The van der Waals surface area contributed by atoms with E-state index in [0.717, 1.165) is 96.3 Å². The molecule has 0 radical (unpaired) electrons. The van der Waals surface area contributed by atoms with Crippen LogP contribution in [0.4, 0.5) is 0 Å². The van der Waals surface area contributed by atoms with Crippen molar-refractivity contribution in [2.75, 3.05) is 13.2 Å². The lowest BCUT2D eigenvalue weighted by Gasteiger charge is -2.18. The zero-order chi connectivity index (χ0) is 42.3. The summed E-state index contributed by atoms with van der Waals surface area (Å²) in [6, 6.07) is 0. The van der Waals surface area contributed by atoms with Gasteiger partial charge in [-0.25, -0.2) is 0 Å². The molecule has 6 heteroatoms. The van der Waals surface area contributed by atoms with Crippen molar-refractivity contribution < 1.29 is 28.6 Å². The van der Waals surface area contributed by atoms with Gasteiger partial charge in [0.1, 0.15) is 13.2 Å². The van der Waals surface area contributed by atoms with Crippen molar-refractivity contribution in [3.05, 3.63) is 60.8 Å². The molecule has 0 bridgehead atoms. The van der Waals surface area contributed by atoms with Crippen LogP contribution >= 0.6 is 0 Å². The fourth-order valence-corrected chi connectivity index (χ4v) is 6.52. The highest BCUT2D eigenvalue weighted by Crippen LogP contribution is 2.13. The van der Waals surface area contributed by atoms with Crippen LogP contribution in [0.5, 0.6) is 0 Å². The van der Waals surface area contributed by atoms with Crippen molar-refractivity contribution in [1.82, 2.24) is 0 Å². The smallest absolute Gasteiger partial charge is 0.306 e. The minimum absolute atomic E-state index is 0.0891. The molecule has 0 saturated heterocycles. The fraction of sp³-hybridized carbons (Fsp3) is 0.750. The first kappa shape index (κ1) is 55.1. The van der Waals surface area contributed by atoms with E-state index in [0.29, 0.717) is 19.3 Å². The van der Waals surface area contributed by atoms with Gasteiger partial charge in [0, 0.05) is 19.3 Å². The van der Waals surface area contributed by atoms with E-state index >= 15 is 0 Å². The number of ether oxygens (including phenoxy) is 3. The Labute approximate surface area is 358 Å². The van der Waals surface area contributed by atoms with E-state index in [1.165, 1.54) is 96.3 Å². The van der Waals surface area contributed by atoms with Crippen LogP contribution in [0.2, 0.25) is 0 Å². The van der Waals surface area contributed by atoms with Crippen LogP contribution in [0.1, 0.15) is 233 Å². The first-order chi connectivity index (χ1) is 28.5. The predicted molar refractivity (Wildman–Crippen MR) is 247 cm³/mol. The second-order valence-corrected chi connectivity index (χ2v) is 16.1. The second kappa shape index (κ2) is 46.8. The normalized spacial score (nSPS) is 12.5. The largest absolute Gasteiger partial charge is 0.462 e. The maximum atomic E-state index is 12.7. The zero-order valence-corrected chi connectivity index (χ0v) is 38.0. The molecule has 0 fully saturated rings.